The number of hydrogen-bond donors (Lipinski definition) is 1. The molecule has 16 heavy (non-hydrogen) atoms. The van der Waals surface area contributed by atoms with E-state index in [-0.39, 0.29) is 0 Å². The number of aliphatic imine (C=N–C) groups is 1. The summed E-state index contributed by atoms with van der Waals surface area (Å²) in [5, 5.41) is 0. The second-order valence-corrected chi connectivity index (χ2v) is 5.49. The van der Waals surface area contributed by atoms with Crippen LogP contribution in [0.5, 0.6) is 0 Å². The van der Waals surface area contributed by atoms with Gasteiger partial charge in [0.25, 0.3) is 0 Å². The topological polar surface area (TPSA) is 41.6 Å². The van der Waals surface area contributed by atoms with E-state index in [9.17, 15) is 0 Å². The first-order valence-electron chi connectivity index (χ1n) is 6.74. The molecule has 1 saturated heterocycles. The number of hydrogen-bond acceptors (Lipinski definition) is 2. The Bertz CT molecular complexity index is 236. The SMILES string of the molecule is CN1CCC(CN=C(N)C2CCCC2)CC1. The molecular formula is C13H25N3. The fourth-order valence-electron chi connectivity index (χ4n) is 2.83. The average Bonchev–Trinajstić information content (AvgIpc) is 2.81. The van der Waals surface area contributed by atoms with Crippen molar-refractivity contribution in [3.63, 3.8) is 0 Å². The lowest BCUT2D eigenvalue weighted by Gasteiger charge is -2.28. The maximum absolute atomic E-state index is 6.06. The Morgan fingerprint density at radius 2 is 1.81 bits per heavy atom. The summed E-state index contributed by atoms with van der Waals surface area (Å²) in [6.45, 7) is 3.42. The molecular weight excluding hydrogens is 198 g/mol. The largest absolute Gasteiger partial charge is 0.387 e. The van der Waals surface area contributed by atoms with E-state index in [0.717, 1.165) is 18.3 Å². The smallest absolute Gasteiger partial charge is 0.0968 e. The summed E-state index contributed by atoms with van der Waals surface area (Å²) in [5.74, 6) is 2.32. The molecule has 2 N–H and O–H groups in total. The van der Waals surface area contributed by atoms with Gasteiger partial charge in [0.1, 0.15) is 0 Å². The minimum Gasteiger partial charge on any atom is -0.387 e. The summed E-state index contributed by atoms with van der Waals surface area (Å²) < 4.78 is 0. The first kappa shape index (κ1) is 11.9. The Balaban J connectivity index is 1.74. The lowest BCUT2D eigenvalue weighted by molar-refractivity contribution is 0.223. The lowest BCUT2D eigenvalue weighted by atomic mass is 9.97. The van der Waals surface area contributed by atoms with Gasteiger partial charge in [0.2, 0.25) is 0 Å². The van der Waals surface area contributed by atoms with Crippen molar-refractivity contribution in [2.75, 3.05) is 26.7 Å². The molecule has 0 bridgehead atoms. The van der Waals surface area contributed by atoms with Crippen LogP contribution in [0, 0.1) is 11.8 Å². The molecule has 0 aromatic rings. The van der Waals surface area contributed by atoms with E-state index in [0.29, 0.717) is 5.92 Å². The highest BCUT2D eigenvalue weighted by atomic mass is 15.1. The van der Waals surface area contributed by atoms with Gasteiger partial charge in [-0.05, 0) is 51.7 Å². The zero-order valence-corrected chi connectivity index (χ0v) is 10.5. The number of nitrogens with two attached hydrogens (primary N) is 1. The fraction of sp³-hybridized carbons (Fsp3) is 0.923. The maximum Gasteiger partial charge on any atom is 0.0968 e. The predicted octanol–water partition coefficient (Wildman–Crippen LogP) is 1.88. The van der Waals surface area contributed by atoms with Crippen LogP contribution in [0.15, 0.2) is 4.99 Å². The quantitative estimate of drug-likeness (QED) is 0.586. The van der Waals surface area contributed by atoms with Crippen molar-refractivity contribution in [1.82, 2.24) is 4.90 Å². The number of amidine groups is 1. The van der Waals surface area contributed by atoms with Crippen LogP contribution in [0.25, 0.3) is 0 Å². The third-order valence-corrected chi connectivity index (χ3v) is 4.14. The second kappa shape index (κ2) is 5.67. The molecule has 0 amide bonds. The van der Waals surface area contributed by atoms with Crippen molar-refractivity contribution in [3.8, 4) is 0 Å². The van der Waals surface area contributed by atoms with Gasteiger partial charge in [0.05, 0.1) is 5.84 Å². The second-order valence-electron chi connectivity index (χ2n) is 5.49. The van der Waals surface area contributed by atoms with E-state index in [1.54, 1.807) is 0 Å². The Hall–Kier alpha value is -0.570. The highest BCUT2D eigenvalue weighted by molar-refractivity contribution is 5.83. The van der Waals surface area contributed by atoms with E-state index >= 15 is 0 Å². The van der Waals surface area contributed by atoms with Crippen LogP contribution in [0.4, 0.5) is 0 Å². The van der Waals surface area contributed by atoms with Gasteiger partial charge in [-0.25, -0.2) is 0 Å². The minimum absolute atomic E-state index is 0.603. The molecule has 0 spiro atoms. The fourth-order valence-corrected chi connectivity index (χ4v) is 2.83. The molecule has 0 unspecified atom stereocenters. The van der Waals surface area contributed by atoms with Crippen molar-refractivity contribution >= 4 is 5.84 Å². The Morgan fingerprint density at radius 3 is 2.44 bits per heavy atom. The summed E-state index contributed by atoms with van der Waals surface area (Å²) in [6, 6.07) is 0. The normalized spacial score (nSPS) is 26.4. The van der Waals surface area contributed by atoms with Crippen molar-refractivity contribution in [2.45, 2.75) is 38.5 Å². The van der Waals surface area contributed by atoms with Gasteiger partial charge in [-0.15, -0.1) is 0 Å². The monoisotopic (exact) mass is 223 g/mol. The van der Waals surface area contributed by atoms with E-state index in [2.05, 4.69) is 16.9 Å². The summed E-state index contributed by atoms with van der Waals surface area (Å²) in [4.78, 5) is 7.03. The van der Waals surface area contributed by atoms with Crippen LogP contribution in [-0.4, -0.2) is 37.4 Å². The highest BCUT2D eigenvalue weighted by Gasteiger charge is 2.20. The zero-order valence-electron chi connectivity index (χ0n) is 10.5. The molecule has 0 radical (unpaired) electrons. The Labute approximate surface area is 99.1 Å². The van der Waals surface area contributed by atoms with Gasteiger partial charge in [0.15, 0.2) is 0 Å². The molecule has 3 nitrogen and oxygen atoms in total. The summed E-state index contributed by atoms with van der Waals surface area (Å²) in [7, 11) is 2.20. The molecule has 0 aromatic carbocycles. The Morgan fingerprint density at radius 1 is 1.19 bits per heavy atom. The first-order chi connectivity index (χ1) is 7.75. The number of rotatable bonds is 3. The van der Waals surface area contributed by atoms with Gasteiger partial charge >= 0.3 is 0 Å². The van der Waals surface area contributed by atoms with Crippen LogP contribution in [0.2, 0.25) is 0 Å². The van der Waals surface area contributed by atoms with E-state index in [1.165, 1.54) is 51.6 Å². The summed E-state index contributed by atoms with van der Waals surface area (Å²) >= 11 is 0. The molecule has 1 aliphatic heterocycles. The van der Waals surface area contributed by atoms with Crippen molar-refractivity contribution in [3.05, 3.63) is 0 Å². The van der Waals surface area contributed by atoms with Crippen molar-refractivity contribution in [1.29, 1.82) is 0 Å². The number of piperidine rings is 1. The van der Waals surface area contributed by atoms with Gasteiger partial charge in [-0.3, -0.25) is 4.99 Å². The average molecular weight is 223 g/mol. The number of likely N-dealkylation sites (tertiary alicyclic amines) is 1. The molecule has 92 valence electrons. The first-order valence-corrected chi connectivity index (χ1v) is 6.74. The van der Waals surface area contributed by atoms with Crippen LogP contribution in [0.1, 0.15) is 38.5 Å². The molecule has 2 rings (SSSR count). The van der Waals surface area contributed by atoms with Gasteiger partial charge in [-0.1, -0.05) is 12.8 Å². The van der Waals surface area contributed by atoms with Crippen molar-refractivity contribution in [2.24, 2.45) is 22.6 Å². The zero-order chi connectivity index (χ0) is 11.4. The molecule has 3 heteroatoms. The molecule has 1 aliphatic carbocycles. The minimum atomic E-state index is 0.603. The third-order valence-electron chi connectivity index (χ3n) is 4.14. The molecule has 1 saturated carbocycles. The van der Waals surface area contributed by atoms with Gasteiger partial charge in [-0.2, -0.15) is 0 Å². The molecule has 1 heterocycles. The lowest BCUT2D eigenvalue weighted by Crippen LogP contribution is -2.32. The summed E-state index contributed by atoms with van der Waals surface area (Å²) in [6.07, 6.45) is 7.80. The Kier molecular flexibility index (Phi) is 4.22. The van der Waals surface area contributed by atoms with Gasteiger partial charge in [0, 0.05) is 12.5 Å². The molecule has 0 aromatic heterocycles. The molecule has 2 fully saturated rings. The standard InChI is InChI=1S/C13H25N3/c1-16-8-6-11(7-9-16)10-15-13(14)12-4-2-3-5-12/h11-12H,2-10H2,1H3,(H2,14,15). The van der Waals surface area contributed by atoms with Crippen LogP contribution in [-0.2, 0) is 0 Å². The van der Waals surface area contributed by atoms with Crippen LogP contribution >= 0.6 is 0 Å². The van der Waals surface area contributed by atoms with Crippen LogP contribution < -0.4 is 5.73 Å². The maximum atomic E-state index is 6.06. The third kappa shape index (κ3) is 3.21. The molecule has 2 aliphatic rings. The van der Waals surface area contributed by atoms with E-state index < -0.39 is 0 Å². The van der Waals surface area contributed by atoms with E-state index in [4.69, 9.17) is 5.73 Å². The number of nitrogens with zero attached hydrogens (tertiary/aromatic N) is 2. The van der Waals surface area contributed by atoms with Crippen LogP contribution in [0.3, 0.4) is 0 Å². The predicted molar refractivity (Wildman–Crippen MR) is 68.7 cm³/mol. The summed E-state index contributed by atoms with van der Waals surface area (Å²) in [5.41, 5.74) is 6.06. The van der Waals surface area contributed by atoms with Gasteiger partial charge < -0.3 is 10.6 Å². The molecule has 0 atom stereocenters. The van der Waals surface area contributed by atoms with E-state index in [1.807, 2.05) is 0 Å². The van der Waals surface area contributed by atoms with Crippen molar-refractivity contribution < 1.29 is 0 Å². The highest BCUT2D eigenvalue weighted by Crippen LogP contribution is 2.25.